The van der Waals surface area contributed by atoms with Crippen LogP contribution in [0.3, 0.4) is 0 Å². The SMILES string of the molecule is CCNC(=NCc1cccc(COC)c1)NCCCOc1ccccc1.I. The predicted molar refractivity (Wildman–Crippen MR) is 122 cm³/mol. The third-order valence-electron chi connectivity index (χ3n) is 3.69. The molecule has 0 spiro atoms. The fourth-order valence-electron chi connectivity index (χ4n) is 2.48. The lowest BCUT2D eigenvalue weighted by atomic mass is 10.1. The Balaban J connectivity index is 0.00000364. The van der Waals surface area contributed by atoms with Gasteiger partial charge in [-0.2, -0.15) is 0 Å². The maximum atomic E-state index is 5.70. The molecule has 0 aliphatic rings. The van der Waals surface area contributed by atoms with E-state index in [2.05, 4.69) is 40.7 Å². The van der Waals surface area contributed by atoms with Crippen LogP contribution in [0.15, 0.2) is 59.6 Å². The van der Waals surface area contributed by atoms with Crippen molar-refractivity contribution in [1.82, 2.24) is 10.6 Å². The van der Waals surface area contributed by atoms with Crippen molar-refractivity contribution < 1.29 is 9.47 Å². The van der Waals surface area contributed by atoms with E-state index in [9.17, 15) is 0 Å². The van der Waals surface area contributed by atoms with Gasteiger partial charge in [-0.05, 0) is 36.6 Å². The summed E-state index contributed by atoms with van der Waals surface area (Å²) in [5.74, 6) is 1.73. The molecule has 0 bridgehead atoms. The zero-order chi connectivity index (χ0) is 18.5. The second-order valence-electron chi connectivity index (χ2n) is 5.89. The second-order valence-corrected chi connectivity index (χ2v) is 5.89. The monoisotopic (exact) mass is 483 g/mol. The number of ether oxygens (including phenoxy) is 2. The van der Waals surface area contributed by atoms with E-state index in [0.717, 1.165) is 36.8 Å². The molecule has 0 aliphatic carbocycles. The van der Waals surface area contributed by atoms with Gasteiger partial charge in [0.05, 0.1) is 19.8 Å². The van der Waals surface area contributed by atoms with Crippen molar-refractivity contribution in [3.63, 3.8) is 0 Å². The molecule has 2 rings (SSSR count). The standard InChI is InChI=1S/C21H29N3O2.HI/c1-3-22-21(23-13-8-14-26-20-11-5-4-6-12-20)24-16-18-9-7-10-19(15-18)17-25-2;/h4-7,9-12,15H,3,8,13-14,16-17H2,1-2H3,(H2,22,23,24);1H. The Bertz CT molecular complexity index is 665. The fourth-order valence-corrected chi connectivity index (χ4v) is 2.48. The summed E-state index contributed by atoms with van der Waals surface area (Å²) >= 11 is 0. The number of guanidine groups is 1. The van der Waals surface area contributed by atoms with Crippen molar-refractivity contribution in [2.24, 2.45) is 4.99 Å². The highest BCUT2D eigenvalue weighted by Gasteiger charge is 1.99. The highest BCUT2D eigenvalue weighted by molar-refractivity contribution is 14.0. The van der Waals surface area contributed by atoms with Crippen LogP contribution in [0.25, 0.3) is 0 Å². The fraction of sp³-hybridized carbons (Fsp3) is 0.381. The van der Waals surface area contributed by atoms with Crippen LogP contribution in [-0.2, 0) is 17.9 Å². The van der Waals surface area contributed by atoms with Gasteiger partial charge in [0.15, 0.2) is 5.96 Å². The molecule has 27 heavy (non-hydrogen) atoms. The van der Waals surface area contributed by atoms with E-state index in [1.807, 2.05) is 36.4 Å². The average Bonchev–Trinajstić information content (AvgIpc) is 2.67. The summed E-state index contributed by atoms with van der Waals surface area (Å²) in [7, 11) is 1.71. The van der Waals surface area contributed by atoms with E-state index in [1.165, 1.54) is 5.56 Å². The first kappa shape index (κ1) is 23.2. The van der Waals surface area contributed by atoms with Crippen LogP contribution in [0.4, 0.5) is 0 Å². The van der Waals surface area contributed by atoms with Crippen LogP contribution < -0.4 is 15.4 Å². The minimum absolute atomic E-state index is 0. The van der Waals surface area contributed by atoms with Gasteiger partial charge in [0.2, 0.25) is 0 Å². The Morgan fingerprint density at radius 1 is 1.00 bits per heavy atom. The van der Waals surface area contributed by atoms with Crippen LogP contribution >= 0.6 is 24.0 Å². The molecule has 2 N–H and O–H groups in total. The lowest BCUT2D eigenvalue weighted by molar-refractivity contribution is 0.185. The highest BCUT2D eigenvalue weighted by Crippen LogP contribution is 2.08. The molecule has 0 saturated carbocycles. The Kier molecular flexibility index (Phi) is 12.3. The van der Waals surface area contributed by atoms with Crippen LogP contribution in [0.5, 0.6) is 5.75 Å². The molecule has 6 heteroatoms. The predicted octanol–water partition coefficient (Wildman–Crippen LogP) is 3.98. The molecule has 0 saturated heterocycles. The topological polar surface area (TPSA) is 54.9 Å². The Hall–Kier alpha value is -1.80. The number of nitrogens with one attached hydrogen (secondary N) is 2. The summed E-state index contributed by atoms with van der Waals surface area (Å²) in [5, 5.41) is 6.63. The van der Waals surface area contributed by atoms with Crippen molar-refractivity contribution >= 4 is 29.9 Å². The van der Waals surface area contributed by atoms with E-state index < -0.39 is 0 Å². The van der Waals surface area contributed by atoms with Gasteiger partial charge in [-0.3, -0.25) is 0 Å². The van der Waals surface area contributed by atoms with Crippen molar-refractivity contribution in [3.05, 3.63) is 65.7 Å². The largest absolute Gasteiger partial charge is 0.494 e. The van der Waals surface area contributed by atoms with Crippen LogP contribution in [0, 0.1) is 0 Å². The number of hydrogen-bond acceptors (Lipinski definition) is 3. The average molecular weight is 483 g/mol. The number of methoxy groups -OCH3 is 1. The molecular formula is C21H30IN3O2. The lowest BCUT2D eigenvalue weighted by Gasteiger charge is -2.12. The summed E-state index contributed by atoms with van der Waals surface area (Å²) < 4.78 is 10.9. The van der Waals surface area contributed by atoms with Gasteiger partial charge in [0, 0.05) is 20.2 Å². The molecule has 2 aromatic carbocycles. The minimum atomic E-state index is 0. The number of rotatable bonds is 10. The first-order valence-electron chi connectivity index (χ1n) is 9.08. The number of benzene rings is 2. The van der Waals surface area contributed by atoms with Gasteiger partial charge in [0.1, 0.15) is 5.75 Å². The Morgan fingerprint density at radius 2 is 1.78 bits per heavy atom. The van der Waals surface area contributed by atoms with Crippen molar-refractivity contribution in [3.8, 4) is 5.75 Å². The summed E-state index contributed by atoms with van der Waals surface area (Å²) in [6.45, 7) is 5.63. The lowest BCUT2D eigenvalue weighted by Crippen LogP contribution is -2.38. The van der Waals surface area contributed by atoms with Crippen LogP contribution in [0.2, 0.25) is 0 Å². The summed E-state index contributed by atoms with van der Waals surface area (Å²) in [4.78, 5) is 4.65. The van der Waals surface area contributed by atoms with Gasteiger partial charge < -0.3 is 20.1 Å². The molecule has 0 fully saturated rings. The first-order chi connectivity index (χ1) is 12.8. The van der Waals surface area contributed by atoms with E-state index in [0.29, 0.717) is 19.8 Å². The molecule has 0 radical (unpaired) electrons. The van der Waals surface area contributed by atoms with E-state index in [4.69, 9.17) is 9.47 Å². The molecule has 5 nitrogen and oxygen atoms in total. The summed E-state index contributed by atoms with van der Waals surface area (Å²) in [6.07, 6.45) is 0.905. The Morgan fingerprint density at radius 3 is 2.52 bits per heavy atom. The van der Waals surface area contributed by atoms with Crippen LogP contribution in [-0.4, -0.2) is 32.8 Å². The quantitative estimate of drug-likeness (QED) is 0.233. The molecule has 0 atom stereocenters. The number of nitrogens with zero attached hydrogens (tertiary/aromatic N) is 1. The molecule has 0 aromatic heterocycles. The number of halogens is 1. The van der Waals surface area contributed by atoms with Crippen molar-refractivity contribution in [1.29, 1.82) is 0 Å². The van der Waals surface area contributed by atoms with Crippen molar-refractivity contribution in [2.45, 2.75) is 26.5 Å². The number of hydrogen-bond donors (Lipinski definition) is 2. The molecule has 0 aliphatic heterocycles. The summed E-state index contributed by atoms with van der Waals surface area (Å²) in [6, 6.07) is 18.2. The third kappa shape index (κ3) is 9.63. The number of para-hydroxylation sites is 1. The van der Waals surface area contributed by atoms with Crippen LogP contribution in [0.1, 0.15) is 24.5 Å². The zero-order valence-corrected chi connectivity index (χ0v) is 18.4. The maximum Gasteiger partial charge on any atom is 0.191 e. The van der Waals surface area contributed by atoms with E-state index >= 15 is 0 Å². The maximum absolute atomic E-state index is 5.70. The molecule has 0 unspecified atom stereocenters. The van der Waals surface area contributed by atoms with Gasteiger partial charge in [0.25, 0.3) is 0 Å². The molecule has 2 aromatic rings. The minimum Gasteiger partial charge on any atom is -0.494 e. The van der Waals surface area contributed by atoms with Gasteiger partial charge in [-0.15, -0.1) is 24.0 Å². The molecular weight excluding hydrogens is 453 g/mol. The second kappa shape index (κ2) is 14.3. The number of aliphatic imine (C=N–C) groups is 1. The first-order valence-corrected chi connectivity index (χ1v) is 9.08. The third-order valence-corrected chi connectivity index (χ3v) is 3.69. The van der Waals surface area contributed by atoms with Gasteiger partial charge in [-0.1, -0.05) is 42.5 Å². The van der Waals surface area contributed by atoms with Gasteiger partial charge in [-0.25, -0.2) is 4.99 Å². The van der Waals surface area contributed by atoms with Crippen molar-refractivity contribution in [2.75, 3.05) is 26.8 Å². The normalized spacial score (nSPS) is 10.8. The molecule has 0 amide bonds. The summed E-state index contributed by atoms with van der Waals surface area (Å²) in [5.41, 5.74) is 2.33. The van der Waals surface area contributed by atoms with E-state index in [-0.39, 0.29) is 24.0 Å². The zero-order valence-electron chi connectivity index (χ0n) is 16.1. The van der Waals surface area contributed by atoms with Gasteiger partial charge >= 0.3 is 0 Å². The molecule has 148 valence electrons. The highest BCUT2D eigenvalue weighted by atomic mass is 127. The molecule has 0 heterocycles. The Labute approximate surface area is 179 Å². The smallest absolute Gasteiger partial charge is 0.191 e. The van der Waals surface area contributed by atoms with E-state index in [1.54, 1.807) is 7.11 Å².